The minimum Gasteiger partial charge on any atom is -0.208 e. The van der Waals surface area contributed by atoms with E-state index >= 15 is 0 Å². The molecule has 8 aromatic carbocycles. The zero-order chi connectivity index (χ0) is 37.5. The molecule has 0 saturated carbocycles. The maximum absolute atomic E-state index is 5.05. The van der Waals surface area contributed by atoms with Gasteiger partial charge in [0.25, 0.3) is 0 Å². The van der Waals surface area contributed by atoms with Crippen molar-refractivity contribution in [3.05, 3.63) is 210 Å². The van der Waals surface area contributed by atoms with Crippen LogP contribution in [0.1, 0.15) is 22.3 Å². The summed E-state index contributed by atoms with van der Waals surface area (Å²) in [5.74, 6) is 1.96. The molecular formula is C52H31N3S2. The highest BCUT2D eigenvalue weighted by atomic mass is 32.2. The molecule has 1 aliphatic heterocycles. The van der Waals surface area contributed by atoms with E-state index in [1.54, 1.807) is 0 Å². The molecule has 12 rings (SSSR count). The van der Waals surface area contributed by atoms with Gasteiger partial charge in [0.2, 0.25) is 0 Å². The monoisotopic (exact) mass is 761 g/mol. The summed E-state index contributed by atoms with van der Waals surface area (Å²) < 4.78 is 2.63. The Kier molecular flexibility index (Phi) is 7.25. The van der Waals surface area contributed by atoms with E-state index in [0.717, 1.165) is 27.8 Å². The molecule has 0 amide bonds. The lowest BCUT2D eigenvalue weighted by atomic mass is 9.67. The fraction of sp³-hybridized carbons (Fsp3) is 0.0192. The summed E-state index contributed by atoms with van der Waals surface area (Å²) in [7, 11) is 0. The summed E-state index contributed by atoms with van der Waals surface area (Å²) in [6, 6.07) is 68.0. The summed E-state index contributed by atoms with van der Waals surface area (Å²) in [6.07, 6.45) is 0. The van der Waals surface area contributed by atoms with Crippen LogP contribution in [0.3, 0.4) is 0 Å². The first-order valence-electron chi connectivity index (χ1n) is 19.2. The third kappa shape index (κ3) is 4.96. The molecule has 3 nitrogen and oxygen atoms in total. The molecule has 0 N–H and O–H groups in total. The van der Waals surface area contributed by atoms with Gasteiger partial charge in [-0.3, -0.25) is 0 Å². The number of hydrogen-bond donors (Lipinski definition) is 0. The number of benzene rings is 8. The van der Waals surface area contributed by atoms with Crippen LogP contribution >= 0.6 is 23.1 Å². The van der Waals surface area contributed by atoms with Crippen LogP contribution in [-0.2, 0) is 5.41 Å². The van der Waals surface area contributed by atoms with Crippen LogP contribution < -0.4 is 0 Å². The van der Waals surface area contributed by atoms with Gasteiger partial charge in [-0.1, -0.05) is 157 Å². The molecule has 57 heavy (non-hydrogen) atoms. The average molecular weight is 762 g/mol. The van der Waals surface area contributed by atoms with E-state index in [4.69, 9.17) is 15.0 Å². The Morgan fingerprint density at radius 3 is 1.58 bits per heavy atom. The van der Waals surface area contributed by atoms with Crippen LogP contribution in [0, 0.1) is 0 Å². The quantitative estimate of drug-likeness (QED) is 0.179. The second-order valence-electron chi connectivity index (χ2n) is 14.7. The van der Waals surface area contributed by atoms with Crippen molar-refractivity contribution in [1.82, 2.24) is 15.0 Å². The van der Waals surface area contributed by atoms with E-state index < -0.39 is 5.41 Å². The van der Waals surface area contributed by atoms with Gasteiger partial charge in [0.1, 0.15) is 0 Å². The fourth-order valence-electron chi connectivity index (χ4n) is 9.07. The van der Waals surface area contributed by atoms with Gasteiger partial charge in [-0.2, -0.15) is 0 Å². The SMILES string of the molecule is c1ccc(-c2nc(-c3ccccc3)nc(-c3cccc(-c4ccc5c(c4)-c4cc6sc7ccccc7c6cc4C54c5ccccc5Sc5ccccc54)c3)n2)cc1. The minimum atomic E-state index is -0.451. The molecule has 1 spiro atoms. The summed E-state index contributed by atoms with van der Waals surface area (Å²) in [5, 5.41) is 2.64. The van der Waals surface area contributed by atoms with Gasteiger partial charge in [-0.05, 0) is 87.0 Å². The molecule has 0 bridgehead atoms. The van der Waals surface area contributed by atoms with E-state index in [2.05, 4.69) is 127 Å². The van der Waals surface area contributed by atoms with Crippen molar-refractivity contribution in [3.63, 3.8) is 0 Å². The minimum absolute atomic E-state index is 0.451. The third-order valence-corrected chi connectivity index (χ3v) is 13.9. The molecular weight excluding hydrogens is 731 g/mol. The lowest BCUT2D eigenvalue weighted by Gasteiger charge is -2.39. The van der Waals surface area contributed by atoms with Crippen molar-refractivity contribution in [2.24, 2.45) is 0 Å². The van der Waals surface area contributed by atoms with Crippen LogP contribution in [-0.4, -0.2) is 15.0 Å². The Bertz CT molecular complexity index is 3120. The van der Waals surface area contributed by atoms with Crippen LogP contribution in [0.15, 0.2) is 198 Å². The predicted octanol–water partition coefficient (Wildman–Crippen LogP) is 13.7. The fourth-order valence-corrected chi connectivity index (χ4v) is 11.4. The number of rotatable bonds is 4. The zero-order valence-corrected chi connectivity index (χ0v) is 32.2. The predicted molar refractivity (Wildman–Crippen MR) is 236 cm³/mol. The van der Waals surface area contributed by atoms with Gasteiger partial charge in [-0.15, -0.1) is 11.3 Å². The van der Waals surface area contributed by atoms with Gasteiger partial charge in [0.05, 0.1) is 5.41 Å². The number of aromatic nitrogens is 3. The molecule has 10 aromatic rings. The summed E-state index contributed by atoms with van der Waals surface area (Å²) in [6.45, 7) is 0. The van der Waals surface area contributed by atoms with Gasteiger partial charge in [0, 0.05) is 46.7 Å². The van der Waals surface area contributed by atoms with Crippen LogP contribution in [0.5, 0.6) is 0 Å². The van der Waals surface area contributed by atoms with Gasteiger partial charge < -0.3 is 0 Å². The maximum atomic E-state index is 5.05. The van der Waals surface area contributed by atoms with E-state index in [1.807, 2.05) is 83.8 Å². The Morgan fingerprint density at radius 1 is 0.333 bits per heavy atom. The Labute approximate surface area is 338 Å². The van der Waals surface area contributed by atoms with Crippen LogP contribution in [0.2, 0.25) is 0 Å². The molecule has 0 radical (unpaired) electrons. The Hall–Kier alpha value is -6.66. The first-order chi connectivity index (χ1) is 28.2. The topological polar surface area (TPSA) is 38.7 Å². The molecule has 3 heterocycles. The lowest BCUT2D eigenvalue weighted by molar-refractivity contribution is 0.723. The maximum Gasteiger partial charge on any atom is 0.164 e. The van der Waals surface area contributed by atoms with Crippen molar-refractivity contribution >= 4 is 43.3 Å². The normalized spacial score (nSPS) is 13.3. The molecule has 5 heteroatoms. The van der Waals surface area contributed by atoms with Crippen LogP contribution in [0.25, 0.3) is 76.6 Å². The first-order valence-corrected chi connectivity index (χ1v) is 20.8. The van der Waals surface area contributed by atoms with E-state index in [0.29, 0.717) is 17.5 Å². The molecule has 0 saturated heterocycles. The second kappa shape index (κ2) is 12.7. The van der Waals surface area contributed by atoms with Crippen molar-refractivity contribution < 1.29 is 0 Å². The summed E-state index contributed by atoms with van der Waals surface area (Å²) in [4.78, 5) is 17.6. The molecule has 0 unspecified atom stereocenters. The van der Waals surface area contributed by atoms with E-state index in [9.17, 15) is 0 Å². The Balaban J connectivity index is 1.07. The van der Waals surface area contributed by atoms with Crippen molar-refractivity contribution in [2.75, 3.05) is 0 Å². The first kappa shape index (κ1) is 32.6. The van der Waals surface area contributed by atoms with E-state index in [-0.39, 0.29) is 0 Å². The van der Waals surface area contributed by atoms with Crippen molar-refractivity contribution in [2.45, 2.75) is 15.2 Å². The third-order valence-electron chi connectivity index (χ3n) is 11.6. The highest BCUT2D eigenvalue weighted by Gasteiger charge is 2.50. The van der Waals surface area contributed by atoms with Gasteiger partial charge >= 0.3 is 0 Å². The lowest BCUT2D eigenvalue weighted by Crippen LogP contribution is -2.31. The van der Waals surface area contributed by atoms with E-state index in [1.165, 1.54) is 63.3 Å². The highest BCUT2D eigenvalue weighted by molar-refractivity contribution is 7.99. The van der Waals surface area contributed by atoms with Gasteiger partial charge in [-0.25, -0.2) is 15.0 Å². The largest absolute Gasteiger partial charge is 0.208 e. The highest BCUT2D eigenvalue weighted by Crippen LogP contribution is 2.63. The number of fused-ring (bicyclic) bond motifs is 12. The molecule has 2 aliphatic rings. The molecule has 0 fully saturated rings. The second-order valence-corrected chi connectivity index (χ2v) is 16.9. The zero-order valence-electron chi connectivity index (χ0n) is 30.6. The molecule has 2 aromatic heterocycles. The number of thiophene rings is 1. The molecule has 0 atom stereocenters. The summed E-state index contributed by atoms with van der Waals surface area (Å²) in [5.41, 5.74) is 12.6. The average Bonchev–Trinajstić information content (AvgIpc) is 3.79. The molecule has 266 valence electrons. The van der Waals surface area contributed by atoms with Crippen LogP contribution in [0.4, 0.5) is 0 Å². The Morgan fingerprint density at radius 2 is 0.877 bits per heavy atom. The number of hydrogen-bond acceptors (Lipinski definition) is 5. The molecule has 1 aliphatic carbocycles. The van der Waals surface area contributed by atoms with Gasteiger partial charge in [0.15, 0.2) is 17.5 Å². The summed E-state index contributed by atoms with van der Waals surface area (Å²) >= 11 is 3.77. The number of nitrogens with zero attached hydrogens (tertiary/aromatic N) is 3. The van der Waals surface area contributed by atoms with Crippen molar-refractivity contribution in [1.29, 1.82) is 0 Å². The van der Waals surface area contributed by atoms with Crippen molar-refractivity contribution in [3.8, 4) is 56.4 Å². The standard InChI is InChI=1S/C52H31N3S2/c1-3-14-32(15-4-1)49-53-50(33-16-5-2-6-17-33)55-51(54-49)36-19-13-18-34(28-36)35-26-27-41-38(29-35)39-31-48-40(37-20-7-10-23-45(37)56-48)30-44(39)52(41)42-21-8-11-24-46(42)57-47-25-12-9-22-43(47)52/h1-31H. The smallest absolute Gasteiger partial charge is 0.164 e.